The van der Waals surface area contributed by atoms with Gasteiger partial charge < -0.3 is 5.32 Å². The first-order valence-corrected chi connectivity index (χ1v) is 12.1. The van der Waals surface area contributed by atoms with E-state index in [2.05, 4.69) is 5.32 Å². The van der Waals surface area contributed by atoms with E-state index < -0.39 is 10.0 Å². The molecule has 3 aromatic rings. The minimum absolute atomic E-state index is 0.220. The molecule has 0 fully saturated rings. The van der Waals surface area contributed by atoms with E-state index in [-0.39, 0.29) is 10.8 Å². The van der Waals surface area contributed by atoms with Crippen LogP contribution in [0.5, 0.6) is 0 Å². The Bertz CT molecular complexity index is 1100. The number of amides is 1. The molecule has 0 unspecified atom stereocenters. The van der Waals surface area contributed by atoms with Gasteiger partial charge in [0.1, 0.15) is 4.88 Å². The van der Waals surface area contributed by atoms with Gasteiger partial charge >= 0.3 is 0 Å². The Morgan fingerprint density at radius 1 is 1.03 bits per heavy atom. The normalized spacial score (nSPS) is 11.9. The van der Waals surface area contributed by atoms with Crippen LogP contribution < -0.4 is 5.32 Å². The van der Waals surface area contributed by atoms with E-state index in [4.69, 9.17) is 11.6 Å². The van der Waals surface area contributed by atoms with E-state index in [0.717, 1.165) is 22.9 Å². The first-order chi connectivity index (χ1) is 13.9. The molecule has 154 valence electrons. The average molecular weight is 451 g/mol. The second kappa shape index (κ2) is 9.26. The molecule has 0 atom stereocenters. The van der Waals surface area contributed by atoms with Gasteiger partial charge in [0.15, 0.2) is 0 Å². The molecule has 3 rings (SSSR count). The average Bonchev–Trinajstić information content (AvgIpc) is 3.05. The summed E-state index contributed by atoms with van der Waals surface area (Å²) in [5, 5.41) is 4.07. The Morgan fingerprint density at radius 2 is 1.66 bits per heavy atom. The summed E-state index contributed by atoms with van der Waals surface area (Å²) in [5.41, 5.74) is 0.514. The highest BCUT2D eigenvalue weighted by molar-refractivity contribution is 7.89. The fraction of sp³-hybridized carbons (Fsp3) is 0.286. The SMILES string of the molecule is CCCN(CCC)S(=O)(=O)c1ccc(NC(=O)c2sc3ccccc3c2Cl)cc1. The molecule has 8 heteroatoms. The van der Waals surface area contributed by atoms with Crippen molar-refractivity contribution < 1.29 is 13.2 Å². The number of carbonyl (C=O) groups excluding carboxylic acids is 1. The highest BCUT2D eigenvalue weighted by atomic mass is 35.5. The minimum Gasteiger partial charge on any atom is -0.321 e. The lowest BCUT2D eigenvalue weighted by Crippen LogP contribution is -2.32. The number of nitrogens with zero attached hydrogens (tertiary/aromatic N) is 1. The van der Waals surface area contributed by atoms with E-state index in [9.17, 15) is 13.2 Å². The zero-order chi connectivity index (χ0) is 21.0. The highest BCUT2D eigenvalue weighted by Crippen LogP contribution is 2.35. The van der Waals surface area contributed by atoms with Crippen LogP contribution in [0.25, 0.3) is 10.1 Å². The van der Waals surface area contributed by atoms with Crippen LogP contribution >= 0.6 is 22.9 Å². The molecule has 1 aromatic heterocycles. The summed E-state index contributed by atoms with van der Waals surface area (Å²) in [6.07, 6.45) is 1.51. The number of anilines is 1. The van der Waals surface area contributed by atoms with E-state index >= 15 is 0 Å². The fourth-order valence-electron chi connectivity index (χ4n) is 3.06. The zero-order valence-corrected chi connectivity index (χ0v) is 18.7. The predicted molar refractivity (Wildman–Crippen MR) is 121 cm³/mol. The van der Waals surface area contributed by atoms with Crippen molar-refractivity contribution >= 4 is 54.6 Å². The van der Waals surface area contributed by atoms with Gasteiger partial charge in [-0.2, -0.15) is 4.31 Å². The molecule has 1 amide bonds. The molecular weight excluding hydrogens is 428 g/mol. The Balaban J connectivity index is 1.79. The molecule has 0 spiro atoms. The van der Waals surface area contributed by atoms with E-state index in [1.165, 1.54) is 27.8 Å². The number of carbonyl (C=O) groups is 1. The summed E-state index contributed by atoms with van der Waals surface area (Å²) in [7, 11) is -3.55. The molecule has 5 nitrogen and oxygen atoms in total. The molecular formula is C21H23ClN2O3S2. The van der Waals surface area contributed by atoms with Crippen molar-refractivity contribution in [3.05, 3.63) is 58.4 Å². The third-order valence-corrected chi connectivity index (χ3v) is 8.02. The Morgan fingerprint density at radius 3 is 2.24 bits per heavy atom. The Labute approximate surface area is 180 Å². The molecule has 0 radical (unpaired) electrons. The van der Waals surface area contributed by atoms with Gasteiger partial charge in [-0.3, -0.25) is 4.79 Å². The lowest BCUT2D eigenvalue weighted by atomic mass is 10.2. The maximum atomic E-state index is 12.8. The van der Waals surface area contributed by atoms with Crippen LogP contribution in [0, 0.1) is 0 Å². The monoisotopic (exact) mass is 450 g/mol. The van der Waals surface area contributed by atoms with Gasteiger partial charge in [-0.25, -0.2) is 8.42 Å². The van der Waals surface area contributed by atoms with Crippen molar-refractivity contribution in [2.75, 3.05) is 18.4 Å². The maximum absolute atomic E-state index is 12.8. The summed E-state index contributed by atoms with van der Waals surface area (Å²) in [5.74, 6) is -0.314. The fourth-order valence-corrected chi connectivity index (χ4v) is 6.09. The topological polar surface area (TPSA) is 66.5 Å². The molecule has 0 saturated carbocycles. The molecule has 0 aliphatic rings. The standard InChI is InChI=1S/C21H23ClN2O3S2/c1-3-13-24(14-4-2)29(26,27)16-11-9-15(10-12-16)23-21(25)20-19(22)17-7-5-6-8-18(17)28-20/h5-12H,3-4,13-14H2,1-2H3,(H,23,25). The van der Waals surface area contributed by atoms with Crippen molar-refractivity contribution in [2.24, 2.45) is 0 Å². The third-order valence-electron chi connectivity index (χ3n) is 4.44. The van der Waals surface area contributed by atoms with Crippen molar-refractivity contribution in [1.29, 1.82) is 0 Å². The lowest BCUT2D eigenvalue weighted by molar-refractivity contribution is 0.103. The number of thiophene rings is 1. The summed E-state index contributed by atoms with van der Waals surface area (Å²) in [6, 6.07) is 13.8. The summed E-state index contributed by atoms with van der Waals surface area (Å²) in [6.45, 7) is 4.88. The van der Waals surface area contributed by atoms with E-state index in [1.807, 2.05) is 38.1 Å². The molecule has 0 saturated heterocycles. The van der Waals surface area contributed by atoms with Crippen LogP contribution in [-0.4, -0.2) is 31.7 Å². The van der Waals surface area contributed by atoms with Gasteiger partial charge in [0.05, 0.1) is 9.92 Å². The number of fused-ring (bicyclic) bond motifs is 1. The smallest absolute Gasteiger partial charge is 0.267 e. The number of sulfonamides is 1. The number of hydrogen-bond donors (Lipinski definition) is 1. The lowest BCUT2D eigenvalue weighted by Gasteiger charge is -2.21. The molecule has 0 aliphatic carbocycles. The number of hydrogen-bond acceptors (Lipinski definition) is 4. The second-order valence-electron chi connectivity index (χ2n) is 6.62. The molecule has 2 aromatic carbocycles. The number of nitrogens with one attached hydrogen (secondary N) is 1. The van der Waals surface area contributed by atoms with Gasteiger partial charge in [0.2, 0.25) is 10.0 Å². The van der Waals surface area contributed by atoms with Crippen LogP contribution in [0.15, 0.2) is 53.4 Å². The summed E-state index contributed by atoms with van der Waals surface area (Å²) >= 11 is 7.69. The predicted octanol–water partition coefficient (Wildman–Crippen LogP) is 5.62. The van der Waals surface area contributed by atoms with Gasteiger partial charge in [-0.15, -0.1) is 11.3 Å². The number of halogens is 1. The van der Waals surface area contributed by atoms with Gasteiger partial charge in [-0.1, -0.05) is 43.6 Å². The first-order valence-electron chi connectivity index (χ1n) is 9.47. The van der Waals surface area contributed by atoms with Crippen LogP contribution in [0.3, 0.4) is 0 Å². The van der Waals surface area contributed by atoms with Crippen LogP contribution in [0.1, 0.15) is 36.4 Å². The largest absolute Gasteiger partial charge is 0.321 e. The molecule has 0 bridgehead atoms. The number of rotatable bonds is 8. The van der Waals surface area contributed by atoms with Crippen LogP contribution in [-0.2, 0) is 10.0 Å². The third kappa shape index (κ3) is 4.64. The Kier molecular flexibility index (Phi) is 6.95. The second-order valence-corrected chi connectivity index (χ2v) is 9.99. The first kappa shape index (κ1) is 21.8. The Hall–Kier alpha value is -1.93. The molecule has 0 aliphatic heterocycles. The van der Waals surface area contributed by atoms with Crippen molar-refractivity contribution in [2.45, 2.75) is 31.6 Å². The highest BCUT2D eigenvalue weighted by Gasteiger charge is 2.23. The van der Waals surface area contributed by atoms with Crippen LogP contribution in [0.4, 0.5) is 5.69 Å². The summed E-state index contributed by atoms with van der Waals surface area (Å²) in [4.78, 5) is 13.3. The summed E-state index contributed by atoms with van der Waals surface area (Å²) < 4.78 is 28.1. The van der Waals surface area contributed by atoms with Crippen LogP contribution in [0.2, 0.25) is 5.02 Å². The van der Waals surface area contributed by atoms with Crippen molar-refractivity contribution in [3.8, 4) is 0 Å². The quantitative estimate of drug-likeness (QED) is 0.484. The molecule has 1 N–H and O–H groups in total. The van der Waals surface area contributed by atoms with E-state index in [1.54, 1.807) is 12.1 Å². The zero-order valence-electron chi connectivity index (χ0n) is 16.3. The van der Waals surface area contributed by atoms with Gasteiger partial charge in [-0.05, 0) is 43.2 Å². The molecule has 1 heterocycles. The van der Waals surface area contributed by atoms with Gasteiger partial charge in [0, 0.05) is 28.9 Å². The van der Waals surface area contributed by atoms with Crippen molar-refractivity contribution in [1.82, 2.24) is 4.31 Å². The maximum Gasteiger partial charge on any atom is 0.267 e. The van der Waals surface area contributed by atoms with Gasteiger partial charge in [0.25, 0.3) is 5.91 Å². The van der Waals surface area contributed by atoms with E-state index in [0.29, 0.717) is 28.7 Å². The van der Waals surface area contributed by atoms with Crippen molar-refractivity contribution in [3.63, 3.8) is 0 Å². The minimum atomic E-state index is -3.55. The molecule has 29 heavy (non-hydrogen) atoms. The number of benzene rings is 2.